The predicted octanol–water partition coefficient (Wildman–Crippen LogP) is 3.55. The zero-order chi connectivity index (χ0) is 12.8. The fourth-order valence-electron chi connectivity index (χ4n) is 1.75. The van der Waals surface area contributed by atoms with Crippen molar-refractivity contribution in [1.82, 2.24) is 5.32 Å². The minimum absolute atomic E-state index is 0.591. The molecule has 1 nitrogen and oxygen atoms in total. The molecule has 0 unspecified atom stereocenters. The molecule has 0 aliphatic carbocycles. The molecule has 0 saturated carbocycles. The number of nitrogens with one attached hydrogen (secondary N) is 1. The summed E-state index contributed by atoms with van der Waals surface area (Å²) in [6, 6.07) is 18.7. The number of hydrogen-bond acceptors (Lipinski definition) is 1. The van der Waals surface area contributed by atoms with Gasteiger partial charge in [-0.05, 0) is 11.1 Å². The normalized spacial score (nSPS) is 11.9. The lowest BCUT2D eigenvalue weighted by Gasteiger charge is -2.18. The molecular formula is C16H17N. The third-order valence-electron chi connectivity index (χ3n) is 2.55. The zero-order valence-corrected chi connectivity index (χ0v) is 9.77. The molecule has 0 fully saturated rings. The SMILES string of the molecule is [2H]C(NCC=C)(c1ccccc1)c1ccccc1. The van der Waals surface area contributed by atoms with E-state index in [0.29, 0.717) is 6.54 Å². The molecular weight excluding hydrogens is 206 g/mol. The Morgan fingerprint density at radius 2 is 1.47 bits per heavy atom. The molecule has 0 atom stereocenters. The van der Waals surface area contributed by atoms with Gasteiger partial charge in [-0.3, -0.25) is 0 Å². The first-order valence-corrected chi connectivity index (χ1v) is 5.74. The highest BCUT2D eigenvalue weighted by molar-refractivity contribution is 5.31. The van der Waals surface area contributed by atoms with Gasteiger partial charge in [-0.15, -0.1) is 6.58 Å². The van der Waals surface area contributed by atoms with Crippen molar-refractivity contribution in [2.75, 3.05) is 6.54 Å². The first-order chi connectivity index (χ1) is 8.77. The fraction of sp³-hybridized carbons (Fsp3) is 0.125. The van der Waals surface area contributed by atoms with Crippen molar-refractivity contribution >= 4 is 0 Å². The van der Waals surface area contributed by atoms with Crippen LogP contribution in [0.1, 0.15) is 18.5 Å². The standard InChI is InChI=1S/C16H17N/c1-2-13-17-16(14-9-5-3-6-10-14)15-11-7-4-8-12-15/h2-12,16-17H,1,13H2/i16D. The summed E-state index contributed by atoms with van der Waals surface area (Å²) in [5.74, 6) is 0. The van der Waals surface area contributed by atoms with E-state index >= 15 is 0 Å². The van der Waals surface area contributed by atoms with Crippen LogP contribution in [0, 0.1) is 0 Å². The van der Waals surface area contributed by atoms with E-state index in [4.69, 9.17) is 1.37 Å². The molecule has 0 spiro atoms. The highest BCUT2D eigenvalue weighted by atomic mass is 14.9. The van der Waals surface area contributed by atoms with E-state index in [1.165, 1.54) is 0 Å². The smallest absolute Gasteiger partial charge is 0.0579 e. The van der Waals surface area contributed by atoms with E-state index in [-0.39, 0.29) is 0 Å². The lowest BCUT2D eigenvalue weighted by Crippen LogP contribution is -2.22. The summed E-state index contributed by atoms with van der Waals surface area (Å²) in [5.41, 5.74) is 1.86. The van der Waals surface area contributed by atoms with Gasteiger partial charge in [-0.25, -0.2) is 0 Å². The topological polar surface area (TPSA) is 12.0 Å². The molecule has 0 amide bonds. The van der Waals surface area contributed by atoms with Crippen LogP contribution in [0.4, 0.5) is 0 Å². The highest BCUT2D eigenvalue weighted by Crippen LogP contribution is 2.21. The molecule has 0 bridgehead atoms. The average Bonchev–Trinajstić information content (AvgIpc) is 2.46. The number of hydrogen-bond donors (Lipinski definition) is 1. The van der Waals surface area contributed by atoms with Gasteiger partial charge in [0.05, 0.1) is 7.39 Å². The van der Waals surface area contributed by atoms with E-state index < -0.39 is 6.02 Å². The quantitative estimate of drug-likeness (QED) is 0.766. The Labute approximate surface area is 104 Å². The van der Waals surface area contributed by atoms with Gasteiger partial charge in [-0.1, -0.05) is 66.7 Å². The van der Waals surface area contributed by atoms with Crippen LogP contribution in [0.15, 0.2) is 73.3 Å². The third kappa shape index (κ3) is 3.05. The van der Waals surface area contributed by atoms with Gasteiger partial charge in [0.25, 0.3) is 0 Å². The van der Waals surface area contributed by atoms with E-state index in [9.17, 15) is 0 Å². The Balaban J connectivity index is 2.44. The molecule has 2 aromatic carbocycles. The summed E-state index contributed by atoms with van der Waals surface area (Å²) in [6.45, 7) is 4.30. The molecule has 1 N–H and O–H groups in total. The van der Waals surface area contributed by atoms with Crippen molar-refractivity contribution in [2.24, 2.45) is 0 Å². The van der Waals surface area contributed by atoms with Crippen molar-refractivity contribution in [3.8, 4) is 0 Å². The van der Waals surface area contributed by atoms with Crippen molar-refractivity contribution in [3.05, 3.63) is 84.4 Å². The third-order valence-corrected chi connectivity index (χ3v) is 2.55. The van der Waals surface area contributed by atoms with Crippen molar-refractivity contribution in [2.45, 2.75) is 6.02 Å². The van der Waals surface area contributed by atoms with Crippen LogP contribution in [-0.2, 0) is 0 Å². The lowest BCUT2D eigenvalue weighted by atomic mass is 9.99. The van der Waals surface area contributed by atoms with E-state index in [1.54, 1.807) is 6.08 Å². The van der Waals surface area contributed by atoms with Crippen molar-refractivity contribution < 1.29 is 1.37 Å². The Morgan fingerprint density at radius 3 is 1.88 bits per heavy atom. The van der Waals surface area contributed by atoms with E-state index in [0.717, 1.165) is 11.1 Å². The number of rotatable bonds is 5. The molecule has 2 aromatic rings. The van der Waals surface area contributed by atoms with Crippen LogP contribution in [-0.4, -0.2) is 6.54 Å². The molecule has 86 valence electrons. The van der Waals surface area contributed by atoms with Gasteiger partial charge in [0, 0.05) is 6.54 Å². The zero-order valence-electron chi connectivity index (χ0n) is 10.8. The van der Waals surface area contributed by atoms with Gasteiger partial charge in [0.2, 0.25) is 0 Å². The molecule has 0 saturated heterocycles. The van der Waals surface area contributed by atoms with Gasteiger partial charge in [0.1, 0.15) is 0 Å². The van der Waals surface area contributed by atoms with Gasteiger partial charge < -0.3 is 5.32 Å². The fourth-order valence-corrected chi connectivity index (χ4v) is 1.75. The van der Waals surface area contributed by atoms with Crippen molar-refractivity contribution in [1.29, 1.82) is 0 Å². The maximum Gasteiger partial charge on any atom is 0.0579 e. The minimum atomic E-state index is -0.934. The Bertz CT molecular complexity index is 454. The summed E-state index contributed by atoms with van der Waals surface area (Å²) in [7, 11) is 0. The monoisotopic (exact) mass is 224 g/mol. The Kier molecular flexibility index (Phi) is 3.65. The van der Waals surface area contributed by atoms with Crippen molar-refractivity contribution in [3.63, 3.8) is 0 Å². The van der Waals surface area contributed by atoms with E-state index in [1.807, 2.05) is 60.7 Å². The molecule has 2 rings (SSSR count). The second-order valence-electron chi connectivity index (χ2n) is 3.78. The summed E-state index contributed by atoms with van der Waals surface area (Å²) in [5, 5.41) is 3.23. The summed E-state index contributed by atoms with van der Waals surface area (Å²) in [4.78, 5) is 0. The van der Waals surface area contributed by atoms with Crippen LogP contribution in [0.3, 0.4) is 0 Å². The maximum absolute atomic E-state index is 8.75. The predicted molar refractivity (Wildman–Crippen MR) is 72.9 cm³/mol. The molecule has 1 heteroatoms. The molecule has 0 aliphatic rings. The van der Waals surface area contributed by atoms with Gasteiger partial charge >= 0.3 is 0 Å². The summed E-state index contributed by atoms with van der Waals surface area (Å²) < 4.78 is 8.75. The van der Waals surface area contributed by atoms with Crippen LogP contribution in [0.5, 0.6) is 0 Å². The molecule has 0 aliphatic heterocycles. The van der Waals surface area contributed by atoms with Crippen LogP contribution >= 0.6 is 0 Å². The first-order valence-electron chi connectivity index (χ1n) is 6.24. The molecule has 17 heavy (non-hydrogen) atoms. The summed E-state index contributed by atoms with van der Waals surface area (Å²) >= 11 is 0. The van der Waals surface area contributed by atoms with Gasteiger partial charge in [-0.2, -0.15) is 0 Å². The largest absolute Gasteiger partial charge is 0.303 e. The van der Waals surface area contributed by atoms with Crippen LogP contribution in [0.25, 0.3) is 0 Å². The van der Waals surface area contributed by atoms with Crippen LogP contribution in [0.2, 0.25) is 0 Å². The maximum atomic E-state index is 8.75. The Morgan fingerprint density at radius 1 is 1.00 bits per heavy atom. The highest BCUT2D eigenvalue weighted by Gasteiger charge is 2.11. The first kappa shape index (κ1) is 10.3. The second kappa shape index (κ2) is 6.02. The van der Waals surface area contributed by atoms with Gasteiger partial charge in [0.15, 0.2) is 0 Å². The minimum Gasteiger partial charge on any atom is -0.303 e. The lowest BCUT2D eigenvalue weighted by molar-refractivity contribution is 0.653. The molecule has 0 heterocycles. The Hall–Kier alpha value is -1.86. The molecule has 0 radical (unpaired) electrons. The average molecular weight is 224 g/mol. The van der Waals surface area contributed by atoms with E-state index in [2.05, 4.69) is 11.9 Å². The molecule has 0 aromatic heterocycles. The van der Waals surface area contributed by atoms with Crippen LogP contribution < -0.4 is 5.32 Å². The number of benzene rings is 2. The second-order valence-corrected chi connectivity index (χ2v) is 3.78. The summed E-state index contributed by atoms with van der Waals surface area (Å²) in [6.07, 6.45) is 1.77.